The summed E-state index contributed by atoms with van der Waals surface area (Å²) in [5.41, 5.74) is 0.696. The Kier molecular flexibility index (Phi) is 5.44. The lowest BCUT2D eigenvalue weighted by atomic mass is 10.2. The van der Waals surface area contributed by atoms with Crippen LogP contribution in [0, 0.1) is 0 Å². The third-order valence-corrected chi connectivity index (χ3v) is 7.50. The Morgan fingerprint density at radius 1 is 1.05 bits per heavy atom. The van der Waals surface area contributed by atoms with E-state index < -0.39 is 24.4 Å². The highest BCUT2D eigenvalue weighted by atomic mass is 32.2. The fourth-order valence-electron chi connectivity index (χ4n) is 1.61. The van der Waals surface area contributed by atoms with Crippen LogP contribution in [0.4, 0.5) is 5.69 Å². The van der Waals surface area contributed by atoms with Crippen LogP contribution in [0.2, 0.25) is 0 Å². The molecule has 0 unspecified atom stereocenters. The highest BCUT2D eigenvalue weighted by molar-refractivity contribution is 7.92. The molecule has 0 heterocycles. The van der Waals surface area contributed by atoms with Gasteiger partial charge in [0.1, 0.15) is 0 Å². The van der Waals surface area contributed by atoms with Crippen molar-refractivity contribution in [3.05, 3.63) is 24.3 Å². The second kappa shape index (κ2) is 6.36. The SMILES string of the molecule is CCCS(=O)(=O)c1ccc(NCC(C)(C)S(C)(=O)=O)cc1. The van der Waals surface area contributed by atoms with E-state index in [4.69, 9.17) is 0 Å². The summed E-state index contributed by atoms with van der Waals surface area (Å²) < 4.78 is 46.1. The van der Waals surface area contributed by atoms with Crippen molar-refractivity contribution in [1.82, 2.24) is 0 Å². The zero-order valence-corrected chi connectivity index (χ0v) is 14.5. The Morgan fingerprint density at radius 3 is 2.00 bits per heavy atom. The third kappa shape index (κ3) is 4.71. The van der Waals surface area contributed by atoms with Gasteiger partial charge in [-0.2, -0.15) is 0 Å². The molecule has 0 fully saturated rings. The maximum absolute atomic E-state index is 11.9. The first-order valence-corrected chi connectivity index (χ1v) is 10.3. The molecule has 0 saturated carbocycles. The number of hydrogen-bond acceptors (Lipinski definition) is 5. The van der Waals surface area contributed by atoms with Gasteiger partial charge in [0.05, 0.1) is 15.4 Å². The molecular weight excluding hydrogens is 310 g/mol. The lowest BCUT2D eigenvalue weighted by Gasteiger charge is -2.23. The Morgan fingerprint density at radius 2 is 1.57 bits per heavy atom. The zero-order valence-electron chi connectivity index (χ0n) is 12.9. The van der Waals surface area contributed by atoms with E-state index in [9.17, 15) is 16.8 Å². The molecule has 0 aliphatic rings. The van der Waals surface area contributed by atoms with Gasteiger partial charge in [-0.15, -0.1) is 0 Å². The van der Waals surface area contributed by atoms with Gasteiger partial charge >= 0.3 is 0 Å². The van der Waals surface area contributed by atoms with Crippen molar-refractivity contribution in [3.8, 4) is 0 Å². The molecule has 0 aliphatic carbocycles. The second-order valence-corrected chi connectivity index (χ2v) is 10.5. The molecule has 1 aromatic carbocycles. The molecule has 0 saturated heterocycles. The zero-order chi connectivity index (χ0) is 16.3. The minimum atomic E-state index is -3.22. The molecule has 0 bridgehead atoms. The summed E-state index contributed by atoms with van der Waals surface area (Å²) in [6.45, 7) is 5.37. The van der Waals surface area contributed by atoms with E-state index in [1.807, 2.05) is 6.92 Å². The predicted molar refractivity (Wildman–Crippen MR) is 86.2 cm³/mol. The van der Waals surface area contributed by atoms with Crippen molar-refractivity contribution in [2.45, 2.75) is 36.8 Å². The normalized spacial score (nSPS) is 13.1. The van der Waals surface area contributed by atoms with Crippen molar-refractivity contribution in [1.29, 1.82) is 0 Å². The molecule has 120 valence electrons. The molecule has 0 aromatic heterocycles. The van der Waals surface area contributed by atoms with Crippen LogP contribution in [0.5, 0.6) is 0 Å². The molecule has 0 aliphatic heterocycles. The van der Waals surface area contributed by atoms with Gasteiger partial charge in [0.25, 0.3) is 0 Å². The number of nitrogens with one attached hydrogen (secondary N) is 1. The van der Waals surface area contributed by atoms with Gasteiger partial charge in [0.15, 0.2) is 19.7 Å². The molecule has 0 atom stereocenters. The summed E-state index contributed by atoms with van der Waals surface area (Å²) >= 11 is 0. The van der Waals surface area contributed by atoms with Crippen LogP contribution in [0.25, 0.3) is 0 Å². The van der Waals surface area contributed by atoms with Gasteiger partial charge in [-0.25, -0.2) is 16.8 Å². The Bertz CT molecular complexity index is 674. The van der Waals surface area contributed by atoms with Crippen LogP contribution in [0.3, 0.4) is 0 Å². The molecule has 1 N–H and O–H groups in total. The highest BCUT2D eigenvalue weighted by Crippen LogP contribution is 2.19. The Labute approximate surface area is 127 Å². The van der Waals surface area contributed by atoms with Crippen LogP contribution in [-0.2, 0) is 19.7 Å². The molecule has 1 aromatic rings. The van der Waals surface area contributed by atoms with E-state index in [1.165, 1.54) is 6.26 Å². The number of anilines is 1. The van der Waals surface area contributed by atoms with E-state index in [1.54, 1.807) is 38.1 Å². The third-order valence-electron chi connectivity index (χ3n) is 3.41. The van der Waals surface area contributed by atoms with E-state index in [0.717, 1.165) is 0 Å². The number of rotatable bonds is 7. The van der Waals surface area contributed by atoms with Gasteiger partial charge in [-0.05, 0) is 44.5 Å². The quantitative estimate of drug-likeness (QED) is 0.826. The van der Waals surface area contributed by atoms with Gasteiger partial charge in [0, 0.05) is 18.5 Å². The minimum absolute atomic E-state index is 0.126. The number of sulfone groups is 2. The number of benzene rings is 1. The maximum atomic E-state index is 11.9. The van der Waals surface area contributed by atoms with Gasteiger partial charge in [0.2, 0.25) is 0 Å². The summed E-state index contributed by atoms with van der Waals surface area (Å²) in [6.07, 6.45) is 1.78. The average Bonchev–Trinajstić information content (AvgIpc) is 2.35. The first-order valence-electron chi connectivity index (χ1n) is 6.76. The van der Waals surface area contributed by atoms with Crippen LogP contribution in [0.15, 0.2) is 29.2 Å². The standard InChI is InChI=1S/C14H23NO4S2/c1-5-10-21(18,19)13-8-6-12(7-9-13)15-11-14(2,3)20(4,16)17/h6-9,15H,5,10-11H2,1-4H3. The molecule has 7 heteroatoms. The smallest absolute Gasteiger partial charge is 0.178 e. The van der Waals surface area contributed by atoms with Crippen molar-refractivity contribution in [3.63, 3.8) is 0 Å². The molecule has 0 amide bonds. The molecule has 0 spiro atoms. The van der Waals surface area contributed by atoms with Crippen molar-refractivity contribution in [2.75, 3.05) is 23.9 Å². The number of hydrogen-bond donors (Lipinski definition) is 1. The molecule has 1 rings (SSSR count). The van der Waals surface area contributed by atoms with Crippen molar-refractivity contribution < 1.29 is 16.8 Å². The van der Waals surface area contributed by atoms with Gasteiger partial charge in [-0.3, -0.25) is 0 Å². The lowest BCUT2D eigenvalue weighted by molar-refractivity contribution is 0.560. The second-order valence-electron chi connectivity index (χ2n) is 5.73. The summed E-state index contributed by atoms with van der Waals surface area (Å²) in [4.78, 5) is 0.289. The summed E-state index contributed by atoms with van der Waals surface area (Å²) in [7, 11) is -6.39. The van der Waals surface area contributed by atoms with Crippen LogP contribution in [-0.4, -0.2) is 40.1 Å². The first kappa shape index (κ1) is 18.0. The highest BCUT2D eigenvalue weighted by Gasteiger charge is 2.29. The summed E-state index contributed by atoms with van der Waals surface area (Å²) in [5.74, 6) is 0.126. The molecule has 21 heavy (non-hydrogen) atoms. The Balaban J connectivity index is 2.82. The van der Waals surface area contributed by atoms with Crippen LogP contribution < -0.4 is 5.32 Å². The van der Waals surface area contributed by atoms with Crippen LogP contribution >= 0.6 is 0 Å². The largest absolute Gasteiger partial charge is 0.383 e. The minimum Gasteiger partial charge on any atom is -0.383 e. The monoisotopic (exact) mass is 333 g/mol. The van der Waals surface area contributed by atoms with E-state index in [-0.39, 0.29) is 17.2 Å². The first-order chi connectivity index (χ1) is 9.49. The lowest BCUT2D eigenvalue weighted by Crippen LogP contribution is -2.38. The maximum Gasteiger partial charge on any atom is 0.178 e. The van der Waals surface area contributed by atoms with Crippen LogP contribution in [0.1, 0.15) is 27.2 Å². The molecule has 0 radical (unpaired) electrons. The predicted octanol–water partition coefficient (Wildman–Crippen LogP) is 2.11. The molecular formula is C14H23NO4S2. The van der Waals surface area contributed by atoms with Gasteiger partial charge < -0.3 is 5.32 Å². The summed E-state index contributed by atoms with van der Waals surface area (Å²) in [5, 5.41) is 3.03. The fraction of sp³-hybridized carbons (Fsp3) is 0.571. The summed E-state index contributed by atoms with van der Waals surface area (Å²) in [6, 6.07) is 6.39. The van der Waals surface area contributed by atoms with E-state index in [2.05, 4.69) is 5.32 Å². The average molecular weight is 333 g/mol. The van der Waals surface area contributed by atoms with Crippen molar-refractivity contribution >= 4 is 25.4 Å². The van der Waals surface area contributed by atoms with Gasteiger partial charge in [-0.1, -0.05) is 6.92 Å². The fourth-order valence-corrected chi connectivity index (χ4v) is 3.27. The topological polar surface area (TPSA) is 80.3 Å². The van der Waals surface area contributed by atoms with E-state index in [0.29, 0.717) is 12.1 Å². The van der Waals surface area contributed by atoms with E-state index >= 15 is 0 Å². The molecule has 5 nitrogen and oxygen atoms in total. The van der Waals surface area contributed by atoms with Crippen molar-refractivity contribution in [2.24, 2.45) is 0 Å². The Hall–Kier alpha value is -1.08.